The molecule has 1 fully saturated rings. The van der Waals surface area contributed by atoms with E-state index in [1.807, 2.05) is 0 Å². The van der Waals surface area contributed by atoms with Crippen LogP contribution in [0, 0.1) is 0 Å². The zero-order chi connectivity index (χ0) is 12.5. The van der Waals surface area contributed by atoms with Crippen LogP contribution in [0.2, 0.25) is 0 Å². The summed E-state index contributed by atoms with van der Waals surface area (Å²) in [6.07, 6.45) is -3.18. The molecule has 1 saturated heterocycles. The molecule has 1 amide bonds. The SMILES string of the molecule is CC(C)(C)OC(=O)N1C[C@H](N)C[C@H]1C(F)F. The second-order valence-corrected chi connectivity index (χ2v) is 5.03. The summed E-state index contributed by atoms with van der Waals surface area (Å²) in [6.45, 7) is 5.21. The van der Waals surface area contributed by atoms with Crippen LogP contribution in [0.15, 0.2) is 0 Å². The van der Waals surface area contributed by atoms with Crippen molar-refractivity contribution in [1.29, 1.82) is 0 Å². The molecule has 16 heavy (non-hydrogen) atoms. The summed E-state index contributed by atoms with van der Waals surface area (Å²) < 4.78 is 30.4. The number of rotatable bonds is 1. The van der Waals surface area contributed by atoms with Crippen molar-refractivity contribution in [2.75, 3.05) is 6.54 Å². The van der Waals surface area contributed by atoms with Gasteiger partial charge in [0, 0.05) is 12.6 Å². The van der Waals surface area contributed by atoms with E-state index in [0.29, 0.717) is 0 Å². The first kappa shape index (κ1) is 13.2. The van der Waals surface area contributed by atoms with Crippen LogP contribution < -0.4 is 5.73 Å². The molecule has 0 radical (unpaired) electrons. The van der Waals surface area contributed by atoms with Crippen LogP contribution in [0.25, 0.3) is 0 Å². The quantitative estimate of drug-likeness (QED) is 0.752. The van der Waals surface area contributed by atoms with Crippen LogP contribution in [0.4, 0.5) is 13.6 Å². The minimum Gasteiger partial charge on any atom is -0.444 e. The summed E-state index contributed by atoms with van der Waals surface area (Å²) >= 11 is 0. The number of nitrogens with zero attached hydrogens (tertiary/aromatic N) is 1. The van der Waals surface area contributed by atoms with Gasteiger partial charge in [-0.2, -0.15) is 0 Å². The molecule has 0 aromatic heterocycles. The van der Waals surface area contributed by atoms with E-state index in [9.17, 15) is 13.6 Å². The maximum absolute atomic E-state index is 12.7. The van der Waals surface area contributed by atoms with Crippen molar-refractivity contribution in [3.05, 3.63) is 0 Å². The third-order valence-electron chi connectivity index (χ3n) is 2.29. The number of likely N-dealkylation sites (tertiary alicyclic amines) is 1. The van der Waals surface area contributed by atoms with Crippen LogP contribution in [-0.4, -0.2) is 41.6 Å². The summed E-state index contributed by atoms with van der Waals surface area (Å²) in [5.41, 5.74) is 4.89. The van der Waals surface area contributed by atoms with Gasteiger partial charge in [0.25, 0.3) is 6.43 Å². The highest BCUT2D eigenvalue weighted by atomic mass is 19.3. The fraction of sp³-hybridized carbons (Fsp3) is 0.900. The lowest BCUT2D eigenvalue weighted by Crippen LogP contribution is -2.43. The highest BCUT2D eigenvalue weighted by Crippen LogP contribution is 2.24. The average molecular weight is 236 g/mol. The summed E-state index contributed by atoms with van der Waals surface area (Å²) in [7, 11) is 0. The van der Waals surface area contributed by atoms with Gasteiger partial charge in [-0.1, -0.05) is 0 Å². The number of alkyl halides is 2. The first-order chi connectivity index (χ1) is 7.20. The molecule has 0 aromatic carbocycles. The Bertz CT molecular complexity index is 266. The Balaban J connectivity index is 2.67. The summed E-state index contributed by atoms with van der Waals surface area (Å²) in [6, 6.07) is -1.52. The molecule has 0 aromatic rings. The van der Waals surface area contributed by atoms with Gasteiger partial charge in [0.15, 0.2) is 0 Å². The minimum absolute atomic E-state index is 0.122. The van der Waals surface area contributed by atoms with Gasteiger partial charge in [-0.25, -0.2) is 13.6 Å². The Kier molecular flexibility index (Phi) is 3.72. The van der Waals surface area contributed by atoms with Crippen molar-refractivity contribution in [2.24, 2.45) is 5.73 Å². The number of hydrogen-bond acceptors (Lipinski definition) is 3. The first-order valence-corrected chi connectivity index (χ1v) is 5.24. The van der Waals surface area contributed by atoms with Gasteiger partial charge in [0.2, 0.25) is 0 Å². The molecular weight excluding hydrogens is 218 g/mol. The Morgan fingerprint density at radius 2 is 2.06 bits per heavy atom. The summed E-state index contributed by atoms with van der Waals surface area (Å²) in [4.78, 5) is 12.7. The Hall–Kier alpha value is -0.910. The van der Waals surface area contributed by atoms with E-state index in [1.165, 1.54) is 0 Å². The van der Waals surface area contributed by atoms with Gasteiger partial charge >= 0.3 is 6.09 Å². The highest BCUT2D eigenvalue weighted by Gasteiger charge is 2.40. The first-order valence-electron chi connectivity index (χ1n) is 5.24. The Morgan fingerprint density at radius 3 is 2.50 bits per heavy atom. The molecule has 6 heteroatoms. The molecular formula is C10H18F2N2O2. The maximum Gasteiger partial charge on any atom is 0.410 e. The predicted octanol–water partition coefficient (Wildman–Crippen LogP) is 1.59. The zero-order valence-corrected chi connectivity index (χ0v) is 9.74. The Morgan fingerprint density at radius 1 is 1.50 bits per heavy atom. The molecule has 2 atom stereocenters. The molecule has 2 N–H and O–H groups in total. The van der Waals surface area contributed by atoms with E-state index in [-0.39, 0.29) is 13.0 Å². The lowest BCUT2D eigenvalue weighted by molar-refractivity contribution is -0.00228. The monoisotopic (exact) mass is 236 g/mol. The van der Waals surface area contributed by atoms with Gasteiger partial charge in [-0.3, -0.25) is 4.90 Å². The molecule has 4 nitrogen and oxygen atoms in total. The molecule has 0 unspecified atom stereocenters. The van der Waals surface area contributed by atoms with E-state index < -0.39 is 30.2 Å². The molecule has 0 aliphatic carbocycles. The molecule has 1 aliphatic rings. The lowest BCUT2D eigenvalue weighted by Gasteiger charge is -2.28. The second-order valence-electron chi connectivity index (χ2n) is 5.03. The third kappa shape index (κ3) is 3.30. The molecule has 0 bridgehead atoms. The van der Waals surface area contributed by atoms with Crippen LogP contribution in [0.5, 0.6) is 0 Å². The molecule has 1 aliphatic heterocycles. The number of nitrogens with two attached hydrogens (primary N) is 1. The largest absolute Gasteiger partial charge is 0.444 e. The summed E-state index contributed by atoms with van der Waals surface area (Å²) in [5.74, 6) is 0. The van der Waals surface area contributed by atoms with E-state index in [0.717, 1.165) is 4.90 Å². The fourth-order valence-corrected chi connectivity index (χ4v) is 1.67. The average Bonchev–Trinajstić information content (AvgIpc) is 2.44. The second kappa shape index (κ2) is 4.53. The van der Waals surface area contributed by atoms with Crippen molar-refractivity contribution in [2.45, 2.75) is 51.3 Å². The van der Waals surface area contributed by atoms with Crippen molar-refractivity contribution in [1.82, 2.24) is 4.90 Å². The van der Waals surface area contributed by atoms with Crippen molar-refractivity contribution < 1.29 is 18.3 Å². The van der Waals surface area contributed by atoms with E-state index in [1.54, 1.807) is 20.8 Å². The van der Waals surface area contributed by atoms with Gasteiger partial charge < -0.3 is 10.5 Å². The molecule has 94 valence electrons. The Labute approximate surface area is 93.7 Å². The predicted molar refractivity (Wildman–Crippen MR) is 55.3 cm³/mol. The van der Waals surface area contributed by atoms with Crippen molar-refractivity contribution >= 4 is 6.09 Å². The van der Waals surface area contributed by atoms with Crippen LogP contribution >= 0.6 is 0 Å². The molecule has 1 rings (SSSR count). The van der Waals surface area contributed by atoms with Gasteiger partial charge in [0.1, 0.15) is 5.60 Å². The van der Waals surface area contributed by atoms with Crippen LogP contribution in [-0.2, 0) is 4.74 Å². The number of amides is 1. The standard InChI is InChI=1S/C10H18F2N2O2/c1-10(2,3)16-9(15)14-5-6(13)4-7(14)8(11)12/h6-8H,4-5,13H2,1-3H3/t6-,7+/m1/s1. The number of hydrogen-bond donors (Lipinski definition) is 1. The number of ether oxygens (including phenoxy) is 1. The van der Waals surface area contributed by atoms with E-state index >= 15 is 0 Å². The highest BCUT2D eigenvalue weighted by molar-refractivity contribution is 5.69. The lowest BCUT2D eigenvalue weighted by atomic mass is 10.2. The number of carbonyl (C=O) groups excluding carboxylic acids is 1. The minimum atomic E-state index is -2.58. The maximum atomic E-state index is 12.7. The van der Waals surface area contributed by atoms with Crippen LogP contribution in [0.1, 0.15) is 27.2 Å². The van der Waals surface area contributed by atoms with Gasteiger partial charge in [-0.15, -0.1) is 0 Å². The smallest absolute Gasteiger partial charge is 0.410 e. The van der Waals surface area contributed by atoms with E-state index in [2.05, 4.69) is 0 Å². The van der Waals surface area contributed by atoms with Crippen LogP contribution in [0.3, 0.4) is 0 Å². The summed E-state index contributed by atoms with van der Waals surface area (Å²) in [5, 5.41) is 0. The fourth-order valence-electron chi connectivity index (χ4n) is 1.67. The molecule has 0 saturated carbocycles. The van der Waals surface area contributed by atoms with Crippen molar-refractivity contribution in [3.8, 4) is 0 Å². The zero-order valence-electron chi connectivity index (χ0n) is 9.74. The normalized spacial score (nSPS) is 26.3. The van der Waals surface area contributed by atoms with Gasteiger partial charge in [0.05, 0.1) is 6.04 Å². The number of carbonyl (C=O) groups is 1. The third-order valence-corrected chi connectivity index (χ3v) is 2.29. The van der Waals surface area contributed by atoms with Crippen molar-refractivity contribution in [3.63, 3.8) is 0 Å². The van der Waals surface area contributed by atoms with Gasteiger partial charge in [-0.05, 0) is 27.2 Å². The number of halogens is 2. The topological polar surface area (TPSA) is 55.6 Å². The molecule has 1 heterocycles. The van der Waals surface area contributed by atoms with E-state index in [4.69, 9.17) is 10.5 Å². The molecule has 0 spiro atoms.